The summed E-state index contributed by atoms with van der Waals surface area (Å²) in [6.45, 7) is 0. The summed E-state index contributed by atoms with van der Waals surface area (Å²) in [4.78, 5) is 11.6. The van der Waals surface area contributed by atoms with Crippen molar-refractivity contribution in [3.63, 3.8) is 0 Å². The van der Waals surface area contributed by atoms with Crippen LogP contribution in [-0.4, -0.2) is 31.4 Å². The summed E-state index contributed by atoms with van der Waals surface area (Å²) in [5.41, 5.74) is 1.59. The number of nitrogens with one attached hydrogen (secondary N) is 1. The van der Waals surface area contributed by atoms with Gasteiger partial charge in [-0.15, -0.1) is 0 Å². The number of benzene rings is 2. The van der Waals surface area contributed by atoms with Crippen molar-refractivity contribution in [1.82, 2.24) is 5.32 Å². The molecular weight excluding hydrogens is 310 g/mol. The molecule has 24 heavy (non-hydrogen) atoms. The van der Waals surface area contributed by atoms with Gasteiger partial charge in [-0.25, -0.2) is 4.79 Å². The highest BCUT2D eigenvalue weighted by atomic mass is 16.5. The molecule has 1 fully saturated rings. The molecule has 2 aromatic carbocycles. The second-order valence-electron chi connectivity index (χ2n) is 5.44. The predicted octanol–water partition coefficient (Wildman–Crippen LogP) is 2.52. The monoisotopic (exact) mass is 329 g/mol. The molecule has 1 heterocycles. The molecule has 0 spiro atoms. The summed E-state index contributed by atoms with van der Waals surface area (Å²) >= 11 is 0. The smallest absolute Gasteiger partial charge is 0.334 e. The first-order valence-corrected chi connectivity index (χ1v) is 7.55. The van der Waals surface area contributed by atoms with Crippen LogP contribution in [0.1, 0.15) is 23.4 Å². The molecule has 2 N–H and O–H groups in total. The van der Waals surface area contributed by atoms with Gasteiger partial charge in [0, 0.05) is 11.6 Å². The number of hydrogen-bond acceptors (Lipinski definition) is 5. The van der Waals surface area contributed by atoms with Gasteiger partial charge in [0.2, 0.25) is 0 Å². The van der Waals surface area contributed by atoms with E-state index >= 15 is 0 Å². The van der Waals surface area contributed by atoms with E-state index in [9.17, 15) is 9.90 Å². The fraction of sp³-hybridized carbons (Fsp3) is 0.278. The van der Waals surface area contributed by atoms with Crippen molar-refractivity contribution in [3.8, 4) is 11.5 Å². The molecule has 2 aromatic rings. The Balaban J connectivity index is 1.92. The fourth-order valence-electron chi connectivity index (χ4n) is 2.85. The topological polar surface area (TPSA) is 77.0 Å². The molecule has 0 aromatic heterocycles. The second-order valence-corrected chi connectivity index (χ2v) is 5.44. The van der Waals surface area contributed by atoms with Crippen LogP contribution in [0.2, 0.25) is 0 Å². The van der Waals surface area contributed by atoms with Crippen LogP contribution in [0.3, 0.4) is 0 Å². The molecule has 1 saturated heterocycles. The number of methoxy groups -OCH3 is 2. The second kappa shape index (κ2) is 6.90. The first kappa shape index (κ1) is 16.3. The quantitative estimate of drug-likeness (QED) is 0.878. The van der Waals surface area contributed by atoms with Gasteiger partial charge in [0.05, 0.1) is 20.3 Å². The van der Waals surface area contributed by atoms with Crippen LogP contribution in [0.15, 0.2) is 48.5 Å². The van der Waals surface area contributed by atoms with E-state index in [1.54, 1.807) is 26.4 Å². The lowest BCUT2D eigenvalue weighted by Crippen LogP contribution is -2.28. The maximum absolute atomic E-state index is 11.6. The van der Waals surface area contributed by atoms with Gasteiger partial charge in [0.15, 0.2) is 6.10 Å². The molecule has 0 aliphatic carbocycles. The third-order valence-electron chi connectivity index (χ3n) is 4.04. The Bertz CT molecular complexity index is 719. The van der Waals surface area contributed by atoms with Crippen molar-refractivity contribution in [1.29, 1.82) is 0 Å². The number of hydrogen-bond donors (Lipinski definition) is 2. The van der Waals surface area contributed by atoms with Crippen LogP contribution in [0.4, 0.5) is 0 Å². The van der Waals surface area contributed by atoms with Crippen molar-refractivity contribution >= 4 is 5.97 Å². The molecule has 0 bridgehead atoms. The molecule has 3 atom stereocenters. The Labute approximate surface area is 140 Å². The molecule has 0 amide bonds. The molecule has 6 heteroatoms. The van der Waals surface area contributed by atoms with E-state index in [2.05, 4.69) is 5.32 Å². The standard InChI is InChI=1S/C18H19NO5/c1-22-12-8-9-13(14(10-12)23-2)17-19-15(16(24-17)18(20)21)11-6-4-3-5-7-11/h3-10,15-17,19H,1-2H3,(H,20,21)/t15-,16+,17?/m0/s1. The van der Waals surface area contributed by atoms with Crippen molar-refractivity contribution < 1.29 is 24.1 Å². The van der Waals surface area contributed by atoms with Crippen LogP contribution in [0, 0.1) is 0 Å². The normalized spacial score (nSPS) is 23.0. The predicted molar refractivity (Wildman–Crippen MR) is 87.1 cm³/mol. The third-order valence-corrected chi connectivity index (χ3v) is 4.04. The third kappa shape index (κ3) is 3.06. The molecule has 1 aliphatic heterocycles. The molecular formula is C18H19NO5. The molecule has 1 aliphatic rings. The van der Waals surface area contributed by atoms with Gasteiger partial charge in [-0.3, -0.25) is 5.32 Å². The number of carbonyl (C=O) groups is 1. The Hall–Kier alpha value is -2.57. The minimum absolute atomic E-state index is 0.444. The van der Waals surface area contributed by atoms with E-state index in [1.807, 2.05) is 36.4 Å². The zero-order valence-electron chi connectivity index (χ0n) is 13.4. The zero-order chi connectivity index (χ0) is 17.1. The molecule has 0 radical (unpaired) electrons. The maximum Gasteiger partial charge on any atom is 0.334 e. The van der Waals surface area contributed by atoms with Crippen molar-refractivity contribution in [2.45, 2.75) is 18.4 Å². The highest BCUT2D eigenvalue weighted by molar-refractivity contribution is 5.74. The largest absolute Gasteiger partial charge is 0.497 e. The highest BCUT2D eigenvalue weighted by Gasteiger charge is 2.41. The van der Waals surface area contributed by atoms with E-state index < -0.39 is 24.3 Å². The molecule has 1 unspecified atom stereocenters. The van der Waals surface area contributed by atoms with Gasteiger partial charge >= 0.3 is 5.97 Å². The van der Waals surface area contributed by atoms with Crippen molar-refractivity contribution in [3.05, 3.63) is 59.7 Å². The van der Waals surface area contributed by atoms with Gasteiger partial charge in [-0.05, 0) is 17.7 Å². The number of carboxylic acids is 1. The van der Waals surface area contributed by atoms with Gasteiger partial charge in [0.1, 0.15) is 17.7 Å². The Morgan fingerprint density at radius 2 is 1.88 bits per heavy atom. The van der Waals surface area contributed by atoms with Crippen LogP contribution in [0.5, 0.6) is 11.5 Å². The first-order valence-electron chi connectivity index (χ1n) is 7.55. The molecule has 3 rings (SSSR count). The first-order chi connectivity index (χ1) is 11.6. The van der Waals surface area contributed by atoms with E-state index in [4.69, 9.17) is 14.2 Å². The average molecular weight is 329 g/mol. The van der Waals surface area contributed by atoms with E-state index in [0.29, 0.717) is 11.5 Å². The summed E-state index contributed by atoms with van der Waals surface area (Å²) in [6, 6.07) is 14.3. The van der Waals surface area contributed by atoms with Gasteiger partial charge in [0.25, 0.3) is 0 Å². The minimum Gasteiger partial charge on any atom is -0.497 e. The van der Waals surface area contributed by atoms with Crippen molar-refractivity contribution in [2.75, 3.05) is 14.2 Å². The Kier molecular flexibility index (Phi) is 4.69. The van der Waals surface area contributed by atoms with E-state index in [-0.39, 0.29) is 0 Å². The number of rotatable bonds is 5. The Morgan fingerprint density at radius 3 is 2.50 bits per heavy atom. The minimum atomic E-state index is -1.01. The van der Waals surface area contributed by atoms with Crippen LogP contribution >= 0.6 is 0 Å². The van der Waals surface area contributed by atoms with Gasteiger partial charge in [-0.2, -0.15) is 0 Å². The summed E-state index contributed by atoms with van der Waals surface area (Å²) in [7, 11) is 3.13. The van der Waals surface area contributed by atoms with Crippen LogP contribution in [-0.2, 0) is 9.53 Å². The zero-order valence-corrected chi connectivity index (χ0v) is 13.4. The lowest BCUT2D eigenvalue weighted by atomic mass is 10.0. The SMILES string of the molecule is COc1ccc(C2N[C@@H](c3ccccc3)[C@H](C(=O)O)O2)c(OC)c1. The van der Waals surface area contributed by atoms with Gasteiger partial charge < -0.3 is 19.3 Å². The summed E-state index contributed by atoms with van der Waals surface area (Å²) in [5.74, 6) is 0.221. The number of carboxylic acid groups (broad SMARTS) is 1. The lowest BCUT2D eigenvalue weighted by molar-refractivity contribution is -0.150. The average Bonchev–Trinajstić information content (AvgIpc) is 3.07. The number of aliphatic carboxylic acids is 1. The summed E-state index contributed by atoms with van der Waals surface area (Å²) in [5, 5.41) is 12.7. The lowest BCUT2D eigenvalue weighted by Gasteiger charge is -2.16. The number of ether oxygens (including phenoxy) is 3. The highest BCUT2D eigenvalue weighted by Crippen LogP contribution is 2.38. The Morgan fingerprint density at radius 1 is 1.12 bits per heavy atom. The molecule has 126 valence electrons. The molecule has 0 saturated carbocycles. The van der Waals surface area contributed by atoms with Crippen LogP contribution < -0.4 is 14.8 Å². The van der Waals surface area contributed by atoms with E-state index in [0.717, 1.165) is 11.1 Å². The summed E-state index contributed by atoms with van der Waals surface area (Å²) in [6.07, 6.45) is -1.57. The maximum atomic E-state index is 11.6. The van der Waals surface area contributed by atoms with E-state index in [1.165, 1.54) is 0 Å². The fourth-order valence-corrected chi connectivity index (χ4v) is 2.85. The summed E-state index contributed by atoms with van der Waals surface area (Å²) < 4.78 is 16.3. The van der Waals surface area contributed by atoms with Crippen LogP contribution in [0.25, 0.3) is 0 Å². The van der Waals surface area contributed by atoms with Crippen molar-refractivity contribution in [2.24, 2.45) is 0 Å². The van der Waals surface area contributed by atoms with Gasteiger partial charge in [-0.1, -0.05) is 30.3 Å². The molecule has 6 nitrogen and oxygen atoms in total.